The van der Waals surface area contributed by atoms with Gasteiger partial charge in [-0.25, -0.2) is 4.98 Å². The zero-order chi connectivity index (χ0) is 18.8. The summed E-state index contributed by atoms with van der Waals surface area (Å²) in [4.78, 5) is 19.2. The van der Waals surface area contributed by atoms with E-state index in [0.717, 1.165) is 32.8 Å². The zero-order valence-corrected chi connectivity index (χ0v) is 15.7. The van der Waals surface area contributed by atoms with E-state index in [9.17, 15) is 4.79 Å². The van der Waals surface area contributed by atoms with Crippen LogP contribution in [0.2, 0.25) is 0 Å². The third-order valence-corrected chi connectivity index (χ3v) is 5.52. The molecule has 0 unspecified atom stereocenters. The third-order valence-electron chi connectivity index (χ3n) is 4.40. The molecule has 0 aliphatic rings. The summed E-state index contributed by atoms with van der Waals surface area (Å²) in [7, 11) is 3.24. The van der Waals surface area contributed by atoms with Gasteiger partial charge in [-0.05, 0) is 54.1 Å². The van der Waals surface area contributed by atoms with Crippen LogP contribution in [0, 0.1) is 0 Å². The Bertz CT molecular complexity index is 1100. The van der Waals surface area contributed by atoms with E-state index in [4.69, 9.17) is 9.47 Å². The lowest BCUT2D eigenvalue weighted by Gasteiger charge is -2.07. The fourth-order valence-electron chi connectivity index (χ4n) is 3.01. The first kappa shape index (κ1) is 17.2. The van der Waals surface area contributed by atoms with Crippen LogP contribution < -0.4 is 9.47 Å². The highest BCUT2D eigenvalue weighted by atomic mass is 32.1. The van der Waals surface area contributed by atoms with Gasteiger partial charge in [-0.3, -0.25) is 4.79 Å². The lowest BCUT2D eigenvalue weighted by molar-refractivity contribution is 0.104. The Kier molecular flexibility index (Phi) is 4.60. The number of nitrogens with zero attached hydrogens (tertiary/aromatic N) is 1. The van der Waals surface area contributed by atoms with Crippen LogP contribution in [0.4, 0.5) is 0 Å². The fourth-order valence-corrected chi connectivity index (χ4v) is 4.14. The van der Waals surface area contributed by atoms with E-state index in [2.05, 4.69) is 4.98 Å². The zero-order valence-electron chi connectivity index (χ0n) is 14.9. The molecule has 0 atom stereocenters. The quantitative estimate of drug-likeness (QED) is 0.449. The van der Waals surface area contributed by atoms with Gasteiger partial charge in [-0.15, -0.1) is 11.3 Å². The van der Waals surface area contributed by atoms with Gasteiger partial charge in [-0.2, -0.15) is 0 Å². The number of carbonyl (C=O) groups excluding carboxylic acids is 1. The molecule has 2 heterocycles. The molecule has 0 saturated carbocycles. The van der Waals surface area contributed by atoms with Crippen LogP contribution in [0.1, 0.15) is 15.2 Å². The molecule has 27 heavy (non-hydrogen) atoms. The molecule has 134 valence electrons. The molecule has 0 spiro atoms. The van der Waals surface area contributed by atoms with Crippen LogP contribution in [0.15, 0.2) is 66.9 Å². The van der Waals surface area contributed by atoms with Gasteiger partial charge >= 0.3 is 0 Å². The Morgan fingerprint density at radius 2 is 1.52 bits per heavy atom. The molecule has 2 aromatic carbocycles. The van der Waals surface area contributed by atoms with Crippen molar-refractivity contribution in [1.82, 2.24) is 4.98 Å². The van der Waals surface area contributed by atoms with Gasteiger partial charge in [0.1, 0.15) is 16.3 Å². The van der Waals surface area contributed by atoms with E-state index in [1.54, 1.807) is 44.7 Å². The molecule has 4 aromatic rings. The minimum atomic E-state index is -0.0218. The number of hydrogen-bond acceptors (Lipinski definition) is 5. The third kappa shape index (κ3) is 3.17. The molecule has 4 nitrogen and oxygen atoms in total. The molecule has 0 amide bonds. The largest absolute Gasteiger partial charge is 0.497 e. The summed E-state index contributed by atoms with van der Waals surface area (Å²) in [5.74, 6) is 1.48. The Labute approximate surface area is 161 Å². The molecule has 4 rings (SSSR count). The van der Waals surface area contributed by atoms with Crippen LogP contribution in [0.3, 0.4) is 0 Å². The number of pyridine rings is 1. The van der Waals surface area contributed by atoms with Crippen molar-refractivity contribution in [1.29, 1.82) is 0 Å². The predicted octanol–water partition coefficient (Wildman–Crippen LogP) is 5.21. The first-order valence-corrected chi connectivity index (χ1v) is 9.23. The number of ether oxygens (including phenoxy) is 2. The smallest absolute Gasteiger partial charge is 0.203 e. The average Bonchev–Trinajstić information content (AvgIpc) is 3.13. The van der Waals surface area contributed by atoms with Crippen LogP contribution in [0.5, 0.6) is 11.5 Å². The topological polar surface area (TPSA) is 48.4 Å². The summed E-state index contributed by atoms with van der Waals surface area (Å²) in [5, 5.41) is 0.976. The second-order valence-electron chi connectivity index (χ2n) is 5.95. The van der Waals surface area contributed by atoms with Crippen molar-refractivity contribution in [3.8, 4) is 22.6 Å². The number of methoxy groups -OCH3 is 2. The molecule has 0 N–H and O–H groups in total. The number of thiophene rings is 1. The van der Waals surface area contributed by atoms with E-state index < -0.39 is 0 Å². The van der Waals surface area contributed by atoms with Crippen molar-refractivity contribution < 1.29 is 14.3 Å². The van der Waals surface area contributed by atoms with Gasteiger partial charge in [0, 0.05) is 22.7 Å². The van der Waals surface area contributed by atoms with Crippen molar-refractivity contribution in [3.05, 3.63) is 77.3 Å². The Balaban J connectivity index is 1.87. The lowest BCUT2D eigenvalue weighted by atomic mass is 9.99. The molecule has 0 aliphatic carbocycles. The molecule has 0 bridgehead atoms. The minimum Gasteiger partial charge on any atom is -0.497 e. The molecule has 0 fully saturated rings. The summed E-state index contributed by atoms with van der Waals surface area (Å²) in [6, 6.07) is 18.8. The first-order valence-electron chi connectivity index (χ1n) is 8.42. The maximum absolute atomic E-state index is 13.2. The fraction of sp³-hybridized carbons (Fsp3) is 0.0909. The highest BCUT2D eigenvalue weighted by Gasteiger charge is 2.21. The van der Waals surface area contributed by atoms with Crippen molar-refractivity contribution in [3.63, 3.8) is 0 Å². The maximum atomic E-state index is 13.2. The molecular formula is C22H17NO3S. The molecule has 0 radical (unpaired) electrons. The van der Waals surface area contributed by atoms with Gasteiger partial charge < -0.3 is 9.47 Å². The molecule has 5 heteroatoms. The average molecular weight is 375 g/mol. The van der Waals surface area contributed by atoms with Crippen molar-refractivity contribution >= 4 is 27.3 Å². The van der Waals surface area contributed by atoms with Gasteiger partial charge in [-0.1, -0.05) is 12.1 Å². The highest BCUT2D eigenvalue weighted by molar-refractivity contribution is 7.21. The van der Waals surface area contributed by atoms with E-state index >= 15 is 0 Å². The monoisotopic (exact) mass is 375 g/mol. The highest BCUT2D eigenvalue weighted by Crippen LogP contribution is 2.39. The van der Waals surface area contributed by atoms with Crippen molar-refractivity contribution in [2.24, 2.45) is 0 Å². The second-order valence-corrected chi connectivity index (χ2v) is 6.95. The first-order chi connectivity index (χ1) is 13.2. The summed E-state index contributed by atoms with van der Waals surface area (Å²) < 4.78 is 10.4. The van der Waals surface area contributed by atoms with Crippen LogP contribution >= 0.6 is 11.3 Å². The Morgan fingerprint density at radius 3 is 2.15 bits per heavy atom. The number of aromatic nitrogens is 1. The van der Waals surface area contributed by atoms with Crippen molar-refractivity contribution in [2.75, 3.05) is 14.2 Å². The van der Waals surface area contributed by atoms with E-state index in [-0.39, 0.29) is 5.78 Å². The second kappa shape index (κ2) is 7.21. The number of rotatable bonds is 5. The SMILES string of the molecule is COc1ccc(C(=O)c2sc3ncccc3c2-c2ccc(OC)cc2)cc1. The van der Waals surface area contributed by atoms with Gasteiger partial charge in [0.15, 0.2) is 0 Å². The number of ketones is 1. The standard InChI is InChI=1S/C22H17NO3S/c1-25-16-9-5-14(6-10-16)19-18-4-3-13-23-22(18)27-21(19)20(24)15-7-11-17(26-2)12-8-15/h3-13H,1-2H3. The molecule has 0 aliphatic heterocycles. The molecule has 0 saturated heterocycles. The summed E-state index contributed by atoms with van der Waals surface area (Å²) in [6.45, 7) is 0. The summed E-state index contributed by atoms with van der Waals surface area (Å²) in [5.41, 5.74) is 2.50. The predicted molar refractivity (Wildman–Crippen MR) is 108 cm³/mol. The van der Waals surface area contributed by atoms with Crippen LogP contribution in [-0.4, -0.2) is 25.0 Å². The van der Waals surface area contributed by atoms with Gasteiger partial charge in [0.05, 0.1) is 19.1 Å². The summed E-state index contributed by atoms with van der Waals surface area (Å²) >= 11 is 1.42. The number of carbonyl (C=O) groups is 1. The molecular weight excluding hydrogens is 358 g/mol. The maximum Gasteiger partial charge on any atom is 0.203 e. The Morgan fingerprint density at radius 1 is 0.889 bits per heavy atom. The minimum absolute atomic E-state index is 0.0218. The van der Waals surface area contributed by atoms with E-state index in [1.165, 1.54) is 11.3 Å². The number of fused-ring (bicyclic) bond motifs is 1. The van der Waals surface area contributed by atoms with Gasteiger partial charge in [0.2, 0.25) is 5.78 Å². The van der Waals surface area contributed by atoms with E-state index in [1.807, 2.05) is 36.4 Å². The van der Waals surface area contributed by atoms with Crippen LogP contribution in [-0.2, 0) is 0 Å². The normalized spacial score (nSPS) is 10.7. The van der Waals surface area contributed by atoms with E-state index in [0.29, 0.717) is 10.4 Å². The Hall–Kier alpha value is -3.18. The summed E-state index contributed by atoms with van der Waals surface area (Å²) in [6.07, 6.45) is 1.75. The van der Waals surface area contributed by atoms with Gasteiger partial charge in [0.25, 0.3) is 0 Å². The van der Waals surface area contributed by atoms with Crippen molar-refractivity contribution in [2.45, 2.75) is 0 Å². The molecule has 2 aromatic heterocycles. The number of hydrogen-bond donors (Lipinski definition) is 0. The van der Waals surface area contributed by atoms with Crippen LogP contribution in [0.25, 0.3) is 21.3 Å². The number of benzene rings is 2. The lowest BCUT2D eigenvalue weighted by Crippen LogP contribution is -2.00.